The van der Waals surface area contributed by atoms with Gasteiger partial charge in [0.05, 0.1) is 10.4 Å². The van der Waals surface area contributed by atoms with Crippen molar-refractivity contribution in [3.05, 3.63) is 60.7 Å². The first kappa shape index (κ1) is 20.9. The molecule has 3 nitrogen and oxygen atoms in total. The van der Waals surface area contributed by atoms with Crippen molar-refractivity contribution in [2.75, 3.05) is 0 Å². The van der Waals surface area contributed by atoms with Crippen molar-refractivity contribution in [1.82, 2.24) is 3.97 Å². The fourth-order valence-electron chi connectivity index (χ4n) is 4.04. The average Bonchev–Trinajstić information content (AvgIpc) is 3.05. The number of hydrogen-bond donors (Lipinski definition) is 0. The van der Waals surface area contributed by atoms with Crippen LogP contribution in [0.5, 0.6) is 0 Å². The molecule has 3 aromatic rings. The summed E-state index contributed by atoms with van der Waals surface area (Å²) >= 11 is 0. The van der Waals surface area contributed by atoms with Gasteiger partial charge in [0.15, 0.2) is 0 Å². The van der Waals surface area contributed by atoms with Gasteiger partial charge in [0.1, 0.15) is 0 Å². The smallest absolute Gasteiger partial charge is 0.277 e. The van der Waals surface area contributed by atoms with Crippen molar-refractivity contribution < 1.29 is 27.3 Å². The van der Waals surface area contributed by atoms with Crippen LogP contribution in [0.25, 0.3) is 10.9 Å². The van der Waals surface area contributed by atoms with Crippen molar-refractivity contribution in [3.63, 3.8) is 0 Å². The molecule has 0 fully saturated rings. The van der Waals surface area contributed by atoms with Gasteiger partial charge in [0.2, 0.25) is 0 Å². The van der Waals surface area contributed by atoms with Gasteiger partial charge in [-0.15, -0.1) is 5.59 Å². The van der Waals surface area contributed by atoms with Crippen LogP contribution in [-0.2, 0) is 10.0 Å². The van der Waals surface area contributed by atoms with E-state index in [1.165, 1.54) is 0 Å². The molecule has 0 aliphatic heterocycles. The second-order valence-electron chi connectivity index (χ2n) is 6.91. The molecular weight excluding hydrogens is 336 g/mol. The molecule has 0 unspecified atom stereocenters. The number of rotatable bonds is 6. The zero-order valence-electron chi connectivity index (χ0n) is 16.1. The van der Waals surface area contributed by atoms with Gasteiger partial charge in [-0.05, 0) is 23.6 Å². The Morgan fingerprint density at radius 2 is 1.38 bits per heavy atom. The molecule has 2 aromatic carbocycles. The number of benzene rings is 2. The maximum absolute atomic E-state index is 13.5. The second-order valence-corrected chi connectivity index (χ2v) is 8.70. The summed E-state index contributed by atoms with van der Waals surface area (Å²) in [5, 5.41) is 0.985. The SMILES string of the molecule is CC[B-](CC)(CC)c1cc2ccccc2n1S(=O)(=O)c1ccccc1.[Li+]. The monoisotopic (exact) mass is 361 g/mol. The molecule has 26 heavy (non-hydrogen) atoms. The van der Waals surface area contributed by atoms with Gasteiger partial charge in [-0.2, -0.15) is 19.0 Å². The Labute approximate surface area is 168 Å². The van der Waals surface area contributed by atoms with E-state index in [-0.39, 0.29) is 18.9 Å². The maximum Gasteiger partial charge on any atom is 1.00 e. The summed E-state index contributed by atoms with van der Waals surface area (Å²) in [7, 11) is -3.63. The van der Waals surface area contributed by atoms with Crippen LogP contribution >= 0.6 is 0 Å². The Morgan fingerprint density at radius 1 is 0.846 bits per heavy atom. The van der Waals surface area contributed by atoms with Gasteiger partial charge >= 0.3 is 18.9 Å². The van der Waals surface area contributed by atoms with E-state index in [1.807, 2.05) is 30.3 Å². The van der Waals surface area contributed by atoms with Crippen molar-refractivity contribution in [2.24, 2.45) is 0 Å². The summed E-state index contributed by atoms with van der Waals surface area (Å²) in [6, 6.07) is 18.6. The Kier molecular flexibility index (Phi) is 6.50. The molecule has 1 heterocycles. The molecule has 0 saturated heterocycles. The third-order valence-electron chi connectivity index (χ3n) is 5.95. The molecule has 0 radical (unpaired) electrons. The second kappa shape index (κ2) is 8.09. The molecule has 132 valence electrons. The zero-order chi connectivity index (χ0) is 18.1. The largest absolute Gasteiger partial charge is 1.00 e. The van der Waals surface area contributed by atoms with Crippen molar-refractivity contribution in [3.8, 4) is 0 Å². The molecule has 0 atom stereocenters. The number of nitrogens with zero attached hydrogens (tertiary/aromatic N) is 1. The minimum atomic E-state index is -3.63. The van der Waals surface area contributed by atoms with Crippen LogP contribution in [0.4, 0.5) is 0 Å². The Hall–Kier alpha value is -1.41. The minimum absolute atomic E-state index is 0. The maximum atomic E-state index is 13.5. The molecular formula is C20H25BLiNO2S. The van der Waals surface area contributed by atoms with Gasteiger partial charge in [0, 0.05) is 6.15 Å². The predicted molar refractivity (Wildman–Crippen MR) is 108 cm³/mol. The molecule has 0 amide bonds. The van der Waals surface area contributed by atoms with Crippen LogP contribution in [-0.4, -0.2) is 18.5 Å². The number of aromatic nitrogens is 1. The van der Waals surface area contributed by atoms with Crippen molar-refractivity contribution in [2.45, 2.75) is 44.6 Å². The fraction of sp³-hybridized carbons (Fsp3) is 0.300. The molecule has 0 aliphatic carbocycles. The van der Waals surface area contributed by atoms with Crippen LogP contribution in [0.2, 0.25) is 19.0 Å². The third-order valence-corrected chi connectivity index (χ3v) is 7.70. The summed E-state index contributed by atoms with van der Waals surface area (Å²) in [6.45, 7) is 6.51. The Balaban J connectivity index is 0.00000243. The third kappa shape index (κ3) is 3.29. The quantitative estimate of drug-likeness (QED) is 0.626. The van der Waals surface area contributed by atoms with E-state index in [9.17, 15) is 8.42 Å². The van der Waals surface area contributed by atoms with Crippen LogP contribution in [0, 0.1) is 0 Å². The Bertz CT molecular complexity index is 971. The number of fused-ring (bicyclic) bond motifs is 1. The standard InChI is InChI=1S/C20H25BNO2S.Li/c1-4-21(5-2,6-3)20-16-17-12-10-11-15-19(17)22(20)25(23,24)18-13-8-7-9-14-18;/h7-16H,4-6H2,1-3H3;/q-1;+1. The first-order valence-electron chi connectivity index (χ1n) is 9.12. The van der Waals surface area contributed by atoms with Crippen LogP contribution in [0.15, 0.2) is 65.6 Å². The molecule has 0 N–H and O–H groups in total. The van der Waals surface area contributed by atoms with E-state index >= 15 is 0 Å². The molecule has 0 spiro atoms. The molecule has 0 aliphatic rings. The molecule has 3 rings (SSSR count). The van der Waals surface area contributed by atoms with Gasteiger partial charge in [-0.3, -0.25) is 3.97 Å². The number of hydrogen-bond acceptors (Lipinski definition) is 2. The van der Waals surface area contributed by atoms with Gasteiger partial charge < -0.3 is 0 Å². The zero-order valence-corrected chi connectivity index (χ0v) is 17.0. The first-order valence-corrected chi connectivity index (χ1v) is 10.6. The van der Waals surface area contributed by atoms with E-state index in [1.54, 1.807) is 28.2 Å². The molecule has 6 heteroatoms. The summed E-state index contributed by atoms with van der Waals surface area (Å²) in [6.07, 6.45) is 1.97. The van der Waals surface area contributed by atoms with E-state index in [4.69, 9.17) is 0 Å². The normalized spacial score (nSPS) is 12.1. The van der Waals surface area contributed by atoms with E-state index in [2.05, 4.69) is 26.8 Å². The molecule has 1 aromatic heterocycles. The van der Waals surface area contributed by atoms with E-state index < -0.39 is 16.2 Å². The Morgan fingerprint density at radius 3 is 1.96 bits per heavy atom. The predicted octanol–water partition coefficient (Wildman–Crippen LogP) is 1.60. The van der Waals surface area contributed by atoms with Crippen molar-refractivity contribution in [1.29, 1.82) is 0 Å². The molecule has 0 saturated carbocycles. The van der Waals surface area contributed by atoms with E-state index in [0.717, 1.165) is 35.5 Å². The summed E-state index contributed by atoms with van der Waals surface area (Å²) < 4.78 is 28.6. The first-order chi connectivity index (χ1) is 12.0. The topological polar surface area (TPSA) is 39.1 Å². The van der Waals surface area contributed by atoms with Crippen molar-refractivity contribution >= 4 is 32.7 Å². The average molecular weight is 361 g/mol. The van der Waals surface area contributed by atoms with Gasteiger partial charge in [0.25, 0.3) is 10.0 Å². The van der Waals surface area contributed by atoms with Crippen LogP contribution in [0.3, 0.4) is 0 Å². The fourth-order valence-corrected chi connectivity index (χ4v) is 5.73. The van der Waals surface area contributed by atoms with Gasteiger partial charge in [-0.1, -0.05) is 63.2 Å². The summed E-state index contributed by atoms with van der Waals surface area (Å²) in [5.74, 6) is 0. The van der Waals surface area contributed by atoms with E-state index in [0.29, 0.717) is 4.90 Å². The molecule has 0 bridgehead atoms. The summed E-state index contributed by atoms with van der Waals surface area (Å²) in [5.41, 5.74) is 1.72. The van der Waals surface area contributed by atoms with Crippen LogP contribution in [0.1, 0.15) is 20.8 Å². The summed E-state index contributed by atoms with van der Waals surface area (Å²) in [4.78, 5) is 0.339. The van der Waals surface area contributed by atoms with Crippen LogP contribution < -0.4 is 24.5 Å². The number of para-hydroxylation sites is 1. The minimum Gasteiger partial charge on any atom is -0.277 e. The van der Waals surface area contributed by atoms with Gasteiger partial charge in [-0.25, -0.2) is 8.42 Å².